The van der Waals surface area contributed by atoms with E-state index in [-0.39, 0.29) is 5.82 Å². The van der Waals surface area contributed by atoms with Gasteiger partial charge in [0.25, 0.3) is 0 Å². The van der Waals surface area contributed by atoms with Crippen molar-refractivity contribution in [2.45, 2.75) is 37.8 Å². The number of rotatable bonds is 5. The van der Waals surface area contributed by atoms with Crippen LogP contribution in [0.4, 0.5) is 4.39 Å². The molecule has 1 atom stereocenters. The first kappa shape index (κ1) is 14.9. The third-order valence-corrected chi connectivity index (χ3v) is 4.76. The zero-order chi connectivity index (χ0) is 14.8. The van der Waals surface area contributed by atoms with Gasteiger partial charge in [0.1, 0.15) is 24.1 Å². The summed E-state index contributed by atoms with van der Waals surface area (Å²) in [6, 6.07) is 6.76. The molecule has 20 heavy (non-hydrogen) atoms. The number of hydrogen-bond acceptors (Lipinski definition) is 3. The van der Waals surface area contributed by atoms with E-state index in [2.05, 4.69) is 29.8 Å². The summed E-state index contributed by atoms with van der Waals surface area (Å²) in [5.41, 5.74) is -0.296. The summed E-state index contributed by atoms with van der Waals surface area (Å²) in [6.07, 6.45) is 3.16. The molecule has 0 aliphatic heterocycles. The van der Waals surface area contributed by atoms with Gasteiger partial charge in [-0.1, -0.05) is 31.8 Å². The van der Waals surface area contributed by atoms with Crippen LogP contribution in [-0.4, -0.2) is 27.9 Å². The summed E-state index contributed by atoms with van der Waals surface area (Å²) < 4.78 is 14.8. The van der Waals surface area contributed by atoms with Gasteiger partial charge in [0, 0.05) is 8.07 Å². The lowest BCUT2D eigenvalue weighted by atomic mass is 9.95. The Morgan fingerprint density at radius 1 is 1.15 bits per heavy atom. The highest BCUT2D eigenvalue weighted by Crippen LogP contribution is 2.32. The maximum absolute atomic E-state index is 13.1. The lowest BCUT2D eigenvalue weighted by Gasteiger charge is -2.34. The number of halogens is 1. The fourth-order valence-corrected chi connectivity index (χ4v) is 4.56. The maximum Gasteiger partial charge on any atom is 0.123 e. The lowest BCUT2D eigenvalue weighted by Crippen LogP contribution is -2.39. The molecule has 0 saturated heterocycles. The molecule has 0 spiro atoms. The van der Waals surface area contributed by atoms with E-state index in [4.69, 9.17) is 0 Å². The average Bonchev–Trinajstić information content (AvgIpc) is 2.79. The highest BCUT2D eigenvalue weighted by atomic mass is 28.3. The standard InChI is InChI=1S/C14H20FN3OSi/c1-20(2,3)9-14(19,8-18-10-16-17-11-18)12-4-6-13(15)7-5-12/h4-7,10-11,19H,8-9H2,1-3H3. The molecule has 0 amide bonds. The van der Waals surface area contributed by atoms with Crippen LogP contribution in [0, 0.1) is 5.82 Å². The molecule has 0 aliphatic carbocycles. The van der Waals surface area contributed by atoms with Crippen molar-refractivity contribution in [1.82, 2.24) is 14.8 Å². The molecule has 1 unspecified atom stereocenters. The molecule has 4 nitrogen and oxygen atoms in total. The first-order valence-electron chi connectivity index (χ1n) is 6.59. The van der Waals surface area contributed by atoms with Crippen molar-refractivity contribution in [2.24, 2.45) is 0 Å². The van der Waals surface area contributed by atoms with Gasteiger partial charge >= 0.3 is 0 Å². The Kier molecular flexibility index (Phi) is 4.05. The van der Waals surface area contributed by atoms with E-state index in [0.29, 0.717) is 12.6 Å². The van der Waals surface area contributed by atoms with Crippen molar-refractivity contribution in [3.63, 3.8) is 0 Å². The SMILES string of the molecule is C[Si](C)(C)CC(O)(Cn1cnnc1)c1ccc(F)cc1. The maximum atomic E-state index is 13.1. The van der Waals surface area contributed by atoms with Crippen molar-refractivity contribution in [3.8, 4) is 0 Å². The van der Waals surface area contributed by atoms with Crippen molar-refractivity contribution in [1.29, 1.82) is 0 Å². The highest BCUT2D eigenvalue weighted by molar-refractivity contribution is 6.76. The van der Waals surface area contributed by atoms with E-state index in [9.17, 15) is 9.50 Å². The average molecular weight is 293 g/mol. The molecule has 1 N–H and O–H groups in total. The second-order valence-corrected chi connectivity index (χ2v) is 11.9. The summed E-state index contributed by atoms with van der Waals surface area (Å²) in [6.45, 7) is 6.98. The molecular formula is C14H20FN3OSi. The van der Waals surface area contributed by atoms with E-state index in [1.807, 2.05) is 0 Å². The normalized spacial score (nSPS) is 15.1. The van der Waals surface area contributed by atoms with Gasteiger partial charge in [-0.25, -0.2) is 4.39 Å². The van der Waals surface area contributed by atoms with Gasteiger partial charge in [-0.2, -0.15) is 0 Å². The van der Waals surface area contributed by atoms with Crippen LogP contribution in [0.3, 0.4) is 0 Å². The van der Waals surface area contributed by atoms with Gasteiger partial charge in [0.2, 0.25) is 0 Å². The molecule has 0 radical (unpaired) electrons. The van der Waals surface area contributed by atoms with Gasteiger partial charge in [-0.05, 0) is 23.7 Å². The van der Waals surface area contributed by atoms with Crippen LogP contribution in [0.15, 0.2) is 36.9 Å². The molecule has 0 fully saturated rings. The smallest absolute Gasteiger partial charge is 0.123 e. The Bertz CT molecular complexity index is 551. The Hall–Kier alpha value is -1.53. The minimum Gasteiger partial charge on any atom is -0.384 e. The van der Waals surface area contributed by atoms with Crippen molar-refractivity contribution in [3.05, 3.63) is 48.3 Å². The Labute approximate surface area is 119 Å². The molecular weight excluding hydrogens is 273 g/mol. The fraction of sp³-hybridized carbons (Fsp3) is 0.429. The fourth-order valence-electron chi connectivity index (χ4n) is 2.49. The quantitative estimate of drug-likeness (QED) is 0.862. The molecule has 1 aromatic heterocycles. The molecule has 0 bridgehead atoms. The second kappa shape index (κ2) is 5.45. The highest BCUT2D eigenvalue weighted by Gasteiger charge is 2.35. The van der Waals surface area contributed by atoms with Crippen LogP contribution >= 0.6 is 0 Å². The third kappa shape index (κ3) is 3.74. The molecule has 0 saturated carbocycles. The largest absolute Gasteiger partial charge is 0.384 e. The van der Waals surface area contributed by atoms with E-state index in [1.54, 1.807) is 29.4 Å². The predicted molar refractivity (Wildman–Crippen MR) is 78.5 cm³/mol. The first-order valence-corrected chi connectivity index (χ1v) is 10.3. The number of aromatic nitrogens is 3. The van der Waals surface area contributed by atoms with Gasteiger partial charge in [-0.15, -0.1) is 10.2 Å². The van der Waals surface area contributed by atoms with Crippen molar-refractivity contribution >= 4 is 8.07 Å². The first-order chi connectivity index (χ1) is 9.28. The third-order valence-electron chi connectivity index (χ3n) is 3.12. The summed E-state index contributed by atoms with van der Waals surface area (Å²) in [4.78, 5) is 0. The van der Waals surface area contributed by atoms with Crippen molar-refractivity contribution in [2.75, 3.05) is 0 Å². The van der Waals surface area contributed by atoms with Gasteiger partial charge < -0.3 is 9.67 Å². The van der Waals surface area contributed by atoms with E-state index >= 15 is 0 Å². The molecule has 1 heterocycles. The summed E-state index contributed by atoms with van der Waals surface area (Å²) in [7, 11) is -1.52. The molecule has 2 rings (SSSR count). The van der Waals surface area contributed by atoms with E-state index < -0.39 is 13.7 Å². The van der Waals surface area contributed by atoms with Crippen LogP contribution in [0.25, 0.3) is 0 Å². The number of benzene rings is 1. The molecule has 2 aromatic rings. The Balaban J connectivity index is 2.34. The van der Waals surface area contributed by atoms with Gasteiger partial charge in [0.15, 0.2) is 0 Å². The molecule has 6 heteroatoms. The topological polar surface area (TPSA) is 50.9 Å². The van der Waals surface area contributed by atoms with Crippen LogP contribution in [-0.2, 0) is 12.1 Å². The minimum absolute atomic E-state index is 0.298. The predicted octanol–water partition coefficient (Wildman–Crippen LogP) is 2.64. The zero-order valence-electron chi connectivity index (χ0n) is 12.0. The number of hydrogen-bond donors (Lipinski definition) is 1. The van der Waals surface area contributed by atoms with E-state index in [0.717, 1.165) is 5.56 Å². The summed E-state index contributed by atoms with van der Waals surface area (Å²) in [5.74, 6) is -0.298. The zero-order valence-corrected chi connectivity index (χ0v) is 13.0. The van der Waals surface area contributed by atoms with Crippen LogP contribution < -0.4 is 0 Å². The minimum atomic E-state index is -1.52. The monoisotopic (exact) mass is 293 g/mol. The van der Waals surface area contributed by atoms with Gasteiger partial charge in [-0.3, -0.25) is 0 Å². The lowest BCUT2D eigenvalue weighted by molar-refractivity contribution is 0.0367. The number of nitrogens with zero attached hydrogens (tertiary/aromatic N) is 3. The van der Waals surface area contributed by atoms with Crippen LogP contribution in [0.1, 0.15) is 5.56 Å². The van der Waals surface area contributed by atoms with Crippen molar-refractivity contribution < 1.29 is 9.50 Å². The van der Waals surface area contributed by atoms with Gasteiger partial charge in [0.05, 0.1) is 6.54 Å². The molecule has 1 aromatic carbocycles. The second-order valence-electron chi connectivity index (χ2n) is 6.41. The van der Waals surface area contributed by atoms with Crippen LogP contribution in [0.2, 0.25) is 25.7 Å². The Morgan fingerprint density at radius 3 is 2.20 bits per heavy atom. The number of aliphatic hydroxyl groups is 1. The van der Waals surface area contributed by atoms with Crippen LogP contribution in [0.5, 0.6) is 0 Å². The summed E-state index contributed by atoms with van der Waals surface area (Å²) in [5, 5.41) is 18.6. The van der Waals surface area contributed by atoms with E-state index in [1.165, 1.54) is 12.1 Å². The Morgan fingerprint density at radius 2 is 1.70 bits per heavy atom. The summed E-state index contributed by atoms with van der Waals surface area (Å²) >= 11 is 0. The molecule has 0 aliphatic rings. The molecule has 108 valence electrons.